The van der Waals surface area contributed by atoms with Gasteiger partial charge in [0.05, 0.1) is 6.54 Å². The van der Waals surface area contributed by atoms with Crippen LogP contribution in [0.15, 0.2) is 0 Å². The number of likely N-dealkylation sites (tertiary alicyclic amines) is 1. The molecule has 0 aliphatic carbocycles. The minimum Gasteiger partial charge on any atom is -0.377 e. The molecule has 88 valence electrons. The fourth-order valence-corrected chi connectivity index (χ4v) is 2.05. The average molecular weight is 214 g/mol. The van der Waals surface area contributed by atoms with Crippen LogP contribution in [-0.4, -0.2) is 69.1 Å². The van der Waals surface area contributed by atoms with E-state index in [9.17, 15) is 4.79 Å². The molecular weight excluding hydrogens is 192 g/mol. The summed E-state index contributed by atoms with van der Waals surface area (Å²) in [7, 11) is 5.74. The summed E-state index contributed by atoms with van der Waals surface area (Å²) in [6.45, 7) is 3.01. The SMILES string of the molecule is COCC(=O)CN(C)C1CCN(C)CC1. The van der Waals surface area contributed by atoms with Gasteiger partial charge in [0.15, 0.2) is 5.78 Å². The molecule has 1 heterocycles. The van der Waals surface area contributed by atoms with Crippen molar-refractivity contribution in [2.75, 3.05) is 47.4 Å². The van der Waals surface area contributed by atoms with Crippen LogP contribution >= 0.6 is 0 Å². The third kappa shape index (κ3) is 4.28. The number of hydrogen-bond donors (Lipinski definition) is 0. The summed E-state index contributed by atoms with van der Waals surface area (Å²) >= 11 is 0. The number of ketones is 1. The number of ether oxygens (including phenoxy) is 1. The standard InChI is InChI=1S/C11H22N2O2/c1-12-6-4-10(5-7-12)13(2)8-11(14)9-15-3/h10H,4-9H2,1-3H3. The fraction of sp³-hybridized carbons (Fsp3) is 0.909. The molecule has 0 saturated carbocycles. The predicted molar refractivity (Wildman–Crippen MR) is 60.0 cm³/mol. The summed E-state index contributed by atoms with van der Waals surface area (Å²) < 4.78 is 4.82. The number of carbonyl (C=O) groups is 1. The maximum Gasteiger partial charge on any atom is 0.172 e. The third-order valence-electron chi connectivity index (χ3n) is 3.04. The number of rotatable bonds is 5. The summed E-state index contributed by atoms with van der Waals surface area (Å²) in [4.78, 5) is 15.9. The van der Waals surface area contributed by atoms with E-state index in [1.165, 1.54) is 0 Å². The number of piperidine rings is 1. The van der Waals surface area contributed by atoms with Crippen LogP contribution in [0.4, 0.5) is 0 Å². The van der Waals surface area contributed by atoms with Crippen LogP contribution in [0.1, 0.15) is 12.8 Å². The second-order valence-electron chi connectivity index (χ2n) is 4.42. The maximum atomic E-state index is 11.4. The zero-order valence-corrected chi connectivity index (χ0v) is 10.0. The van der Waals surface area contributed by atoms with Crippen LogP contribution in [0.3, 0.4) is 0 Å². The van der Waals surface area contributed by atoms with E-state index < -0.39 is 0 Å². The number of nitrogens with zero attached hydrogens (tertiary/aromatic N) is 2. The molecule has 0 spiro atoms. The van der Waals surface area contributed by atoms with E-state index >= 15 is 0 Å². The summed E-state index contributed by atoms with van der Waals surface area (Å²) in [6.07, 6.45) is 2.32. The van der Waals surface area contributed by atoms with Gasteiger partial charge < -0.3 is 9.64 Å². The molecule has 15 heavy (non-hydrogen) atoms. The molecule has 0 atom stereocenters. The molecule has 4 heteroatoms. The fourth-order valence-electron chi connectivity index (χ4n) is 2.05. The third-order valence-corrected chi connectivity index (χ3v) is 3.04. The van der Waals surface area contributed by atoms with Crippen molar-refractivity contribution in [1.29, 1.82) is 0 Å². The van der Waals surface area contributed by atoms with Crippen molar-refractivity contribution in [3.8, 4) is 0 Å². The molecule has 0 unspecified atom stereocenters. The van der Waals surface area contributed by atoms with Gasteiger partial charge in [-0.2, -0.15) is 0 Å². The molecule has 0 amide bonds. The first-order valence-electron chi connectivity index (χ1n) is 5.53. The Hall–Kier alpha value is -0.450. The summed E-state index contributed by atoms with van der Waals surface area (Å²) in [5.41, 5.74) is 0. The van der Waals surface area contributed by atoms with Gasteiger partial charge in [-0.05, 0) is 40.0 Å². The van der Waals surface area contributed by atoms with Gasteiger partial charge in [-0.25, -0.2) is 0 Å². The largest absolute Gasteiger partial charge is 0.377 e. The van der Waals surface area contributed by atoms with Gasteiger partial charge in [0.25, 0.3) is 0 Å². The molecule has 1 fully saturated rings. The second-order valence-corrected chi connectivity index (χ2v) is 4.42. The first-order valence-corrected chi connectivity index (χ1v) is 5.53. The second kappa shape index (κ2) is 6.20. The normalized spacial score (nSPS) is 19.7. The molecule has 1 rings (SSSR count). The number of carbonyl (C=O) groups excluding carboxylic acids is 1. The lowest BCUT2D eigenvalue weighted by Crippen LogP contribution is -2.44. The van der Waals surface area contributed by atoms with E-state index in [1.54, 1.807) is 7.11 Å². The monoisotopic (exact) mass is 214 g/mol. The number of likely N-dealkylation sites (N-methyl/N-ethyl adjacent to an activating group) is 1. The van der Waals surface area contributed by atoms with Gasteiger partial charge in [-0.15, -0.1) is 0 Å². The molecule has 0 aromatic carbocycles. The molecular formula is C11H22N2O2. The van der Waals surface area contributed by atoms with Crippen LogP contribution in [0.2, 0.25) is 0 Å². The molecule has 1 aliphatic rings. The highest BCUT2D eigenvalue weighted by molar-refractivity contribution is 5.81. The summed E-state index contributed by atoms with van der Waals surface area (Å²) in [6, 6.07) is 0.557. The van der Waals surface area contributed by atoms with E-state index in [4.69, 9.17) is 4.74 Å². The van der Waals surface area contributed by atoms with E-state index in [1.807, 2.05) is 7.05 Å². The quantitative estimate of drug-likeness (QED) is 0.656. The van der Waals surface area contributed by atoms with Crippen molar-refractivity contribution >= 4 is 5.78 Å². The van der Waals surface area contributed by atoms with Gasteiger partial charge in [-0.1, -0.05) is 0 Å². The van der Waals surface area contributed by atoms with Crippen molar-refractivity contribution in [1.82, 2.24) is 9.80 Å². The summed E-state index contributed by atoms with van der Waals surface area (Å²) in [5, 5.41) is 0. The van der Waals surface area contributed by atoms with Gasteiger partial charge in [0.1, 0.15) is 6.61 Å². The molecule has 0 radical (unpaired) electrons. The Morgan fingerprint density at radius 3 is 2.60 bits per heavy atom. The van der Waals surface area contributed by atoms with Crippen LogP contribution in [0.25, 0.3) is 0 Å². The predicted octanol–water partition coefficient (Wildman–Crippen LogP) is 0.228. The molecule has 1 aliphatic heterocycles. The van der Waals surface area contributed by atoms with E-state index in [0.717, 1.165) is 25.9 Å². The molecule has 1 saturated heterocycles. The molecule has 4 nitrogen and oxygen atoms in total. The van der Waals surface area contributed by atoms with E-state index in [-0.39, 0.29) is 12.4 Å². The molecule has 0 N–H and O–H groups in total. The maximum absolute atomic E-state index is 11.4. The Morgan fingerprint density at radius 1 is 1.47 bits per heavy atom. The molecule has 0 bridgehead atoms. The number of methoxy groups -OCH3 is 1. The van der Waals surface area contributed by atoms with Gasteiger partial charge >= 0.3 is 0 Å². The highest BCUT2D eigenvalue weighted by Crippen LogP contribution is 2.13. The highest BCUT2D eigenvalue weighted by Gasteiger charge is 2.21. The Labute approximate surface area is 92.2 Å². The average Bonchev–Trinajstić information content (AvgIpc) is 2.18. The van der Waals surface area contributed by atoms with Gasteiger partial charge in [0.2, 0.25) is 0 Å². The minimum atomic E-state index is 0.166. The van der Waals surface area contributed by atoms with Crippen molar-refractivity contribution in [2.45, 2.75) is 18.9 Å². The zero-order valence-electron chi connectivity index (χ0n) is 10.0. The lowest BCUT2D eigenvalue weighted by molar-refractivity contribution is -0.124. The smallest absolute Gasteiger partial charge is 0.172 e. The van der Waals surface area contributed by atoms with Crippen LogP contribution < -0.4 is 0 Å². The summed E-state index contributed by atoms with van der Waals surface area (Å²) in [5.74, 6) is 0.166. The van der Waals surface area contributed by atoms with Crippen molar-refractivity contribution in [3.63, 3.8) is 0 Å². The first-order chi connectivity index (χ1) is 7.13. The zero-order chi connectivity index (χ0) is 11.3. The Morgan fingerprint density at radius 2 is 2.07 bits per heavy atom. The van der Waals surface area contributed by atoms with Crippen molar-refractivity contribution in [2.24, 2.45) is 0 Å². The first kappa shape index (κ1) is 12.6. The minimum absolute atomic E-state index is 0.166. The Kier molecular flexibility index (Phi) is 5.22. The highest BCUT2D eigenvalue weighted by atomic mass is 16.5. The number of Topliss-reactive ketones (excluding diaryl/α,β-unsaturated/α-hetero) is 1. The Balaban J connectivity index is 2.27. The number of hydrogen-bond acceptors (Lipinski definition) is 4. The molecule has 0 aromatic heterocycles. The lowest BCUT2D eigenvalue weighted by Gasteiger charge is -2.34. The topological polar surface area (TPSA) is 32.8 Å². The van der Waals surface area contributed by atoms with Crippen LogP contribution in [0.5, 0.6) is 0 Å². The van der Waals surface area contributed by atoms with E-state index in [0.29, 0.717) is 12.6 Å². The lowest BCUT2D eigenvalue weighted by atomic mass is 10.0. The van der Waals surface area contributed by atoms with Crippen LogP contribution in [-0.2, 0) is 9.53 Å². The van der Waals surface area contributed by atoms with Crippen LogP contribution in [0, 0.1) is 0 Å². The Bertz CT molecular complexity index is 201. The molecule has 0 aromatic rings. The van der Waals surface area contributed by atoms with E-state index in [2.05, 4.69) is 16.8 Å². The van der Waals surface area contributed by atoms with Crippen molar-refractivity contribution < 1.29 is 9.53 Å². The van der Waals surface area contributed by atoms with Gasteiger partial charge in [0, 0.05) is 13.2 Å². The van der Waals surface area contributed by atoms with Gasteiger partial charge in [-0.3, -0.25) is 9.69 Å². The van der Waals surface area contributed by atoms with Crippen molar-refractivity contribution in [3.05, 3.63) is 0 Å².